The SMILES string of the molecule is FC(F)(F)c1cc(Sc2nnnn2-c2ccccc2)nc(-c2ccccn2)n1. The van der Waals surface area contributed by atoms with Gasteiger partial charge in [0, 0.05) is 12.3 Å². The molecule has 3 heterocycles. The van der Waals surface area contributed by atoms with Crippen molar-refractivity contribution in [2.45, 2.75) is 16.4 Å². The van der Waals surface area contributed by atoms with Crippen LogP contribution in [0.3, 0.4) is 0 Å². The fraction of sp³-hybridized carbons (Fsp3) is 0.0588. The molecule has 0 spiro atoms. The summed E-state index contributed by atoms with van der Waals surface area (Å²) in [5.74, 6) is -0.128. The Kier molecular flexibility index (Phi) is 4.74. The summed E-state index contributed by atoms with van der Waals surface area (Å²) in [5, 5.41) is 11.7. The van der Waals surface area contributed by atoms with Gasteiger partial charge in [0.15, 0.2) is 5.82 Å². The molecule has 0 radical (unpaired) electrons. The van der Waals surface area contributed by atoms with Gasteiger partial charge in [-0.2, -0.15) is 17.9 Å². The van der Waals surface area contributed by atoms with Gasteiger partial charge in [-0.1, -0.05) is 24.3 Å². The summed E-state index contributed by atoms with van der Waals surface area (Å²) >= 11 is 0.903. The number of rotatable bonds is 4. The van der Waals surface area contributed by atoms with E-state index in [0.29, 0.717) is 5.69 Å². The summed E-state index contributed by atoms with van der Waals surface area (Å²) in [6.45, 7) is 0. The zero-order valence-electron chi connectivity index (χ0n) is 13.9. The first kappa shape index (κ1) is 18.0. The van der Waals surface area contributed by atoms with Crippen LogP contribution in [0.15, 0.2) is 71.0 Å². The molecular weight excluding hydrogens is 391 g/mol. The van der Waals surface area contributed by atoms with Crippen LogP contribution in [0.2, 0.25) is 0 Å². The van der Waals surface area contributed by atoms with Crippen molar-refractivity contribution in [3.63, 3.8) is 0 Å². The predicted molar refractivity (Wildman–Crippen MR) is 93.5 cm³/mol. The van der Waals surface area contributed by atoms with E-state index in [-0.39, 0.29) is 21.7 Å². The third kappa shape index (κ3) is 3.83. The van der Waals surface area contributed by atoms with Gasteiger partial charge in [0.2, 0.25) is 5.16 Å². The topological polar surface area (TPSA) is 82.3 Å². The number of hydrogen-bond acceptors (Lipinski definition) is 7. The van der Waals surface area contributed by atoms with Crippen LogP contribution in [0.4, 0.5) is 13.2 Å². The lowest BCUT2D eigenvalue weighted by atomic mass is 10.3. The second-order valence-corrected chi connectivity index (χ2v) is 6.43. The standard InChI is InChI=1S/C17H10F3N7S/c18-17(19,20)13-10-14(23-15(22-13)12-8-4-5-9-21-12)28-16-24-25-26-27(16)11-6-2-1-3-7-11/h1-10H. The molecule has 0 saturated heterocycles. The van der Waals surface area contributed by atoms with Crippen LogP contribution in [0, 0.1) is 0 Å². The molecule has 0 aliphatic heterocycles. The summed E-state index contributed by atoms with van der Waals surface area (Å²) in [5.41, 5.74) is -0.160. The monoisotopic (exact) mass is 401 g/mol. The maximum atomic E-state index is 13.3. The average Bonchev–Trinajstić information content (AvgIpc) is 3.16. The number of tetrazole rings is 1. The molecule has 28 heavy (non-hydrogen) atoms. The van der Waals surface area contributed by atoms with E-state index in [1.165, 1.54) is 16.9 Å². The van der Waals surface area contributed by atoms with E-state index in [2.05, 4.69) is 30.5 Å². The minimum atomic E-state index is -4.63. The second kappa shape index (κ2) is 7.35. The number of benzene rings is 1. The Hall–Kier alpha value is -3.34. The zero-order chi connectivity index (χ0) is 19.6. The lowest BCUT2D eigenvalue weighted by Gasteiger charge is -2.10. The number of alkyl halides is 3. The Morgan fingerprint density at radius 3 is 2.43 bits per heavy atom. The van der Waals surface area contributed by atoms with Crippen molar-refractivity contribution < 1.29 is 13.2 Å². The lowest BCUT2D eigenvalue weighted by molar-refractivity contribution is -0.141. The van der Waals surface area contributed by atoms with Crippen LogP contribution >= 0.6 is 11.8 Å². The Labute approximate surface area is 160 Å². The van der Waals surface area contributed by atoms with Crippen LogP contribution in [-0.2, 0) is 6.18 Å². The lowest BCUT2D eigenvalue weighted by Crippen LogP contribution is -2.10. The number of hydrogen-bond donors (Lipinski definition) is 0. The van der Waals surface area contributed by atoms with Crippen molar-refractivity contribution in [2.24, 2.45) is 0 Å². The Balaban J connectivity index is 1.76. The molecule has 4 aromatic rings. The van der Waals surface area contributed by atoms with Crippen LogP contribution in [-0.4, -0.2) is 35.2 Å². The third-order valence-electron chi connectivity index (χ3n) is 3.52. The van der Waals surface area contributed by atoms with Gasteiger partial charge in [0.05, 0.1) is 5.69 Å². The molecule has 7 nitrogen and oxygen atoms in total. The van der Waals surface area contributed by atoms with E-state index in [0.717, 1.165) is 17.8 Å². The highest BCUT2D eigenvalue weighted by Crippen LogP contribution is 2.33. The molecule has 0 aliphatic rings. The minimum Gasteiger partial charge on any atom is -0.253 e. The van der Waals surface area contributed by atoms with Gasteiger partial charge in [0.1, 0.15) is 16.4 Å². The van der Waals surface area contributed by atoms with Crippen LogP contribution in [0.25, 0.3) is 17.2 Å². The highest BCUT2D eigenvalue weighted by atomic mass is 32.2. The average molecular weight is 401 g/mol. The number of para-hydroxylation sites is 1. The quantitative estimate of drug-likeness (QED) is 0.483. The van der Waals surface area contributed by atoms with Gasteiger partial charge in [0.25, 0.3) is 0 Å². The summed E-state index contributed by atoms with van der Waals surface area (Å²) in [4.78, 5) is 11.8. The first-order chi connectivity index (χ1) is 13.5. The predicted octanol–water partition coefficient (Wildman–Crippen LogP) is 3.68. The molecule has 140 valence electrons. The van der Waals surface area contributed by atoms with Crippen LogP contribution in [0.1, 0.15) is 5.69 Å². The van der Waals surface area contributed by atoms with E-state index in [1.54, 1.807) is 36.4 Å². The van der Waals surface area contributed by atoms with Gasteiger partial charge in [-0.3, -0.25) is 4.98 Å². The summed E-state index contributed by atoms with van der Waals surface area (Å²) < 4.78 is 41.4. The van der Waals surface area contributed by atoms with Gasteiger partial charge < -0.3 is 0 Å². The molecule has 0 fully saturated rings. The van der Waals surface area contributed by atoms with Crippen molar-refractivity contribution in [3.8, 4) is 17.2 Å². The minimum absolute atomic E-state index is 0.0509. The molecule has 0 amide bonds. The fourth-order valence-corrected chi connectivity index (χ4v) is 3.09. The van der Waals surface area contributed by atoms with Gasteiger partial charge in [-0.05, 0) is 46.5 Å². The highest BCUT2D eigenvalue weighted by Gasteiger charge is 2.34. The number of aromatic nitrogens is 7. The maximum absolute atomic E-state index is 13.3. The van der Waals surface area contributed by atoms with Crippen LogP contribution in [0.5, 0.6) is 0 Å². The Bertz CT molecular complexity index is 1080. The summed E-state index contributed by atoms with van der Waals surface area (Å²) in [7, 11) is 0. The third-order valence-corrected chi connectivity index (χ3v) is 4.38. The molecule has 0 aliphatic carbocycles. The Morgan fingerprint density at radius 2 is 1.71 bits per heavy atom. The van der Waals surface area contributed by atoms with Gasteiger partial charge in [-0.15, -0.1) is 5.10 Å². The van der Waals surface area contributed by atoms with E-state index in [1.807, 2.05) is 6.07 Å². The summed E-state index contributed by atoms with van der Waals surface area (Å²) in [6.07, 6.45) is -3.17. The zero-order valence-corrected chi connectivity index (χ0v) is 14.8. The number of pyridine rings is 1. The van der Waals surface area contributed by atoms with E-state index < -0.39 is 11.9 Å². The summed E-state index contributed by atoms with van der Waals surface area (Å²) in [6, 6.07) is 14.7. The normalized spacial score (nSPS) is 11.5. The van der Waals surface area contributed by atoms with E-state index >= 15 is 0 Å². The van der Waals surface area contributed by atoms with E-state index in [4.69, 9.17) is 0 Å². The fourth-order valence-electron chi connectivity index (χ4n) is 2.30. The molecule has 0 atom stereocenters. The molecule has 0 saturated carbocycles. The number of nitrogens with zero attached hydrogens (tertiary/aromatic N) is 7. The van der Waals surface area contributed by atoms with Gasteiger partial charge in [-0.25, -0.2) is 9.97 Å². The molecule has 0 bridgehead atoms. The van der Waals surface area contributed by atoms with E-state index in [9.17, 15) is 13.2 Å². The van der Waals surface area contributed by atoms with Crippen molar-refractivity contribution >= 4 is 11.8 Å². The molecule has 11 heteroatoms. The molecule has 0 unspecified atom stereocenters. The van der Waals surface area contributed by atoms with Crippen molar-refractivity contribution in [1.29, 1.82) is 0 Å². The molecule has 4 rings (SSSR count). The largest absolute Gasteiger partial charge is 0.433 e. The van der Waals surface area contributed by atoms with Crippen LogP contribution < -0.4 is 0 Å². The van der Waals surface area contributed by atoms with Crippen molar-refractivity contribution in [1.82, 2.24) is 35.2 Å². The van der Waals surface area contributed by atoms with Crippen molar-refractivity contribution in [3.05, 3.63) is 66.5 Å². The Morgan fingerprint density at radius 1 is 0.929 bits per heavy atom. The van der Waals surface area contributed by atoms with Gasteiger partial charge >= 0.3 is 6.18 Å². The smallest absolute Gasteiger partial charge is 0.253 e. The molecular formula is C17H10F3N7S. The molecule has 1 aromatic carbocycles. The first-order valence-corrected chi connectivity index (χ1v) is 8.72. The molecule has 3 aromatic heterocycles. The molecule has 0 N–H and O–H groups in total. The first-order valence-electron chi connectivity index (χ1n) is 7.90. The van der Waals surface area contributed by atoms with Crippen molar-refractivity contribution in [2.75, 3.05) is 0 Å². The second-order valence-electron chi connectivity index (χ2n) is 5.44. The highest BCUT2D eigenvalue weighted by molar-refractivity contribution is 7.99. The maximum Gasteiger partial charge on any atom is 0.433 e. The number of halogens is 3.